The average molecular weight is 273 g/mol. The van der Waals surface area contributed by atoms with Gasteiger partial charge in [-0.3, -0.25) is 0 Å². The zero-order valence-corrected chi connectivity index (χ0v) is 11.8. The fourth-order valence-corrected chi connectivity index (χ4v) is 2.84. The molecule has 2 heterocycles. The van der Waals surface area contributed by atoms with Crippen LogP contribution in [0.1, 0.15) is 43.3 Å². The van der Waals surface area contributed by atoms with Gasteiger partial charge in [0.1, 0.15) is 11.5 Å². The normalized spacial score (nSPS) is 22.9. The molecule has 3 rings (SSSR count). The first-order valence-corrected chi connectivity index (χ1v) is 7.09. The van der Waals surface area contributed by atoms with E-state index in [-0.39, 0.29) is 0 Å². The van der Waals surface area contributed by atoms with Gasteiger partial charge >= 0.3 is 0 Å². The van der Waals surface area contributed by atoms with Crippen LogP contribution in [-0.2, 0) is 0 Å². The first-order chi connectivity index (χ1) is 9.78. The third-order valence-corrected chi connectivity index (χ3v) is 3.90. The Morgan fingerprint density at radius 1 is 1.25 bits per heavy atom. The Kier molecular flexibility index (Phi) is 3.73. The lowest BCUT2D eigenvalue weighted by atomic mass is 9.84. The molecule has 0 aliphatic heterocycles. The van der Waals surface area contributed by atoms with Crippen LogP contribution < -0.4 is 5.32 Å². The predicted molar refractivity (Wildman–Crippen MR) is 74.1 cm³/mol. The Hall–Kier alpha value is -1.82. The Balaban J connectivity index is 1.86. The minimum atomic E-state index is 0.304. The highest BCUT2D eigenvalue weighted by molar-refractivity contribution is 5.47. The average Bonchev–Trinajstić information content (AvgIpc) is 2.97. The van der Waals surface area contributed by atoms with Gasteiger partial charge in [-0.05, 0) is 32.9 Å². The van der Waals surface area contributed by atoms with E-state index in [0.29, 0.717) is 29.3 Å². The Morgan fingerprint density at radius 3 is 2.90 bits per heavy atom. The molecular formula is C14H19N5O. The maximum Gasteiger partial charge on any atom is 0.231 e. The molecule has 0 radical (unpaired) electrons. The zero-order chi connectivity index (χ0) is 13.9. The third-order valence-electron chi connectivity index (χ3n) is 3.90. The molecule has 106 valence electrons. The predicted octanol–water partition coefficient (Wildman–Crippen LogP) is 2.08. The van der Waals surface area contributed by atoms with E-state index in [1.54, 1.807) is 12.3 Å². The summed E-state index contributed by atoms with van der Waals surface area (Å²) in [7, 11) is 1.99. The van der Waals surface area contributed by atoms with Gasteiger partial charge in [0, 0.05) is 12.2 Å². The van der Waals surface area contributed by atoms with Gasteiger partial charge in [-0.1, -0.05) is 18.0 Å². The first kappa shape index (κ1) is 13.2. The van der Waals surface area contributed by atoms with Crippen LogP contribution in [0.2, 0.25) is 0 Å². The van der Waals surface area contributed by atoms with Crippen molar-refractivity contribution in [2.75, 3.05) is 7.05 Å². The molecule has 0 saturated heterocycles. The summed E-state index contributed by atoms with van der Waals surface area (Å²) in [4.78, 5) is 12.9. The van der Waals surface area contributed by atoms with Crippen LogP contribution in [0.15, 0.2) is 16.8 Å². The highest BCUT2D eigenvalue weighted by Gasteiger charge is 2.30. The fraction of sp³-hybridized carbons (Fsp3) is 0.571. The number of hydrogen-bond donors (Lipinski definition) is 1. The van der Waals surface area contributed by atoms with E-state index < -0.39 is 0 Å². The van der Waals surface area contributed by atoms with Crippen molar-refractivity contribution in [2.24, 2.45) is 0 Å². The maximum atomic E-state index is 5.47. The lowest BCUT2D eigenvalue weighted by Gasteiger charge is -2.28. The van der Waals surface area contributed by atoms with E-state index in [9.17, 15) is 0 Å². The molecule has 20 heavy (non-hydrogen) atoms. The fourth-order valence-electron chi connectivity index (χ4n) is 2.84. The van der Waals surface area contributed by atoms with Gasteiger partial charge in [-0.25, -0.2) is 9.97 Å². The van der Waals surface area contributed by atoms with Crippen LogP contribution in [0.5, 0.6) is 0 Å². The van der Waals surface area contributed by atoms with E-state index in [4.69, 9.17) is 4.52 Å². The summed E-state index contributed by atoms with van der Waals surface area (Å²) < 4.78 is 5.47. The summed E-state index contributed by atoms with van der Waals surface area (Å²) in [5, 5.41) is 7.42. The van der Waals surface area contributed by atoms with Gasteiger partial charge in [0.2, 0.25) is 11.7 Å². The number of rotatable bonds is 3. The SMILES string of the molecule is CNC1CCCCC1c1nc(-c2ccnc(C)n2)no1. The Morgan fingerprint density at radius 2 is 2.10 bits per heavy atom. The van der Waals surface area contributed by atoms with Crippen molar-refractivity contribution >= 4 is 0 Å². The third kappa shape index (κ3) is 2.56. The van der Waals surface area contributed by atoms with Crippen LogP contribution in [0.4, 0.5) is 0 Å². The quantitative estimate of drug-likeness (QED) is 0.922. The van der Waals surface area contributed by atoms with Crippen molar-refractivity contribution in [2.45, 2.75) is 44.6 Å². The Labute approximate surface area is 118 Å². The van der Waals surface area contributed by atoms with Crippen LogP contribution in [0.3, 0.4) is 0 Å². The molecule has 2 unspecified atom stereocenters. The molecule has 1 fully saturated rings. The van der Waals surface area contributed by atoms with Crippen molar-refractivity contribution in [3.8, 4) is 11.5 Å². The zero-order valence-electron chi connectivity index (χ0n) is 11.8. The molecule has 1 N–H and O–H groups in total. The molecule has 6 nitrogen and oxygen atoms in total. The minimum Gasteiger partial charge on any atom is -0.339 e. The monoisotopic (exact) mass is 273 g/mol. The van der Waals surface area contributed by atoms with Crippen LogP contribution >= 0.6 is 0 Å². The van der Waals surface area contributed by atoms with Crippen molar-refractivity contribution in [3.05, 3.63) is 24.0 Å². The highest BCUT2D eigenvalue weighted by Crippen LogP contribution is 2.32. The second-order valence-electron chi connectivity index (χ2n) is 5.23. The van der Waals surface area contributed by atoms with Crippen LogP contribution in [0.25, 0.3) is 11.5 Å². The van der Waals surface area contributed by atoms with Gasteiger partial charge in [0.25, 0.3) is 0 Å². The van der Waals surface area contributed by atoms with E-state index in [1.807, 2.05) is 14.0 Å². The van der Waals surface area contributed by atoms with Gasteiger partial charge in [0.05, 0.1) is 5.92 Å². The summed E-state index contributed by atoms with van der Waals surface area (Å²) in [6.45, 7) is 1.85. The molecule has 1 saturated carbocycles. The van der Waals surface area contributed by atoms with Crippen LogP contribution in [0, 0.1) is 6.92 Å². The van der Waals surface area contributed by atoms with E-state index in [0.717, 1.165) is 18.7 Å². The molecule has 0 bridgehead atoms. The highest BCUT2D eigenvalue weighted by atomic mass is 16.5. The number of nitrogens with one attached hydrogen (secondary N) is 1. The van der Waals surface area contributed by atoms with Crippen molar-refractivity contribution < 1.29 is 4.52 Å². The number of aromatic nitrogens is 4. The molecule has 2 aromatic rings. The topological polar surface area (TPSA) is 76.7 Å². The van der Waals surface area contributed by atoms with Crippen molar-refractivity contribution in [1.82, 2.24) is 25.4 Å². The molecule has 6 heteroatoms. The molecule has 1 aliphatic rings. The summed E-state index contributed by atoms with van der Waals surface area (Å²) in [5.74, 6) is 2.28. The van der Waals surface area contributed by atoms with Crippen LogP contribution in [-0.4, -0.2) is 33.2 Å². The molecule has 0 spiro atoms. The lowest BCUT2D eigenvalue weighted by molar-refractivity contribution is 0.270. The van der Waals surface area contributed by atoms with Gasteiger partial charge in [0.15, 0.2) is 0 Å². The maximum absolute atomic E-state index is 5.47. The number of likely N-dealkylation sites (N-methyl/N-ethyl adjacent to an activating group) is 1. The van der Waals surface area contributed by atoms with E-state index in [1.165, 1.54) is 12.8 Å². The Bertz CT molecular complexity index is 582. The molecule has 0 amide bonds. The second-order valence-corrected chi connectivity index (χ2v) is 5.23. The smallest absolute Gasteiger partial charge is 0.231 e. The molecular weight excluding hydrogens is 254 g/mol. The van der Waals surface area contributed by atoms with Gasteiger partial charge < -0.3 is 9.84 Å². The molecule has 1 aliphatic carbocycles. The number of aryl methyl sites for hydroxylation is 1. The molecule has 2 atom stereocenters. The summed E-state index contributed by atoms with van der Waals surface area (Å²) in [5.41, 5.74) is 0.712. The van der Waals surface area contributed by atoms with Gasteiger partial charge in [-0.2, -0.15) is 4.98 Å². The van der Waals surface area contributed by atoms with E-state index >= 15 is 0 Å². The largest absolute Gasteiger partial charge is 0.339 e. The molecule has 0 aromatic carbocycles. The summed E-state index contributed by atoms with van der Waals surface area (Å²) >= 11 is 0. The summed E-state index contributed by atoms with van der Waals surface area (Å²) in [6, 6.07) is 2.22. The van der Waals surface area contributed by atoms with Crippen molar-refractivity contribution in [1.29, 1.82) is 0 Å². The van der Waals surface area contributed by atoms with Crippen molar-refractivity contribution in [3.63, 3.8) is 0 Å². The second kappa shape index (κ2) is 5.66. The minimum absolute atomic E-state index is 0.304. The number of hydrogen-bond acceptors (Lipinski definition) is 6. The number of nitrogens with zero attached hydrogens (tertiary/aromatic N) is 4. The summed E-state index contributed by atoms with van der Waals surface area (Å²) in [6.07, 6.45) is 6.44. The first-order valence-electron chi connectivity index (χ1n) is 7.09. The lowest BCUT2D eigenvalue weighted by Crippen LogP contribution is -2.34. The standard InChI is InChI=1S/C14H19N5O/c1-9-16-8-7-12(17-9)13-18-14(20-19-13)10-5-3-4-6-11(10)15-2/h7-8,10-11,15H,3-6H2,1-2H3. The van der Waals surface area contributed by atoms with Gasteiger partial charge in [-0.15, -0.1) is 0 Å². The molecule has 2 aromatic heterocycles. The van der Waals surface area contributed by atoms with E-state index in [2.05, 4.69) is 25.4 Å².